The largest absolute Gasteiger partial charge is 0.396 e. The zero-order valence-corrected chi connectivity index (χ0v) is 12.1. The standard InChI is InChI=1S/C15H22N2O4/c18-10-1-11-21-15-6-8-16(9-7-15)12-13-2-4-14(5-3-13)17(19)20/h2-5,15,18H,1,6-12H2. The van der Waals surface area contributed by atoms with Crippen molar-refractivity contribution in [1.82, 2.24) is 4.90 Å². The highest BCUT2D eigenvalue weighted by molar-refractivity contribution is 5.32. The smallest absolute Gasteiger partial charge is 0.269 e. The van der Waals surface area contributed by atoms with E-state index in [2.05, 4.69) is 4.90 Å². The summed E-state index contributed by atoms with van der Waals surface area (Å²) in [5.74, 6) is 0. The number of likely N-dealkylation sites (tertiary alicyclic amines) is 1. The van der Waals surface area contributed by atoms with Gasteiger partial charge in [-0.1, -0.05) is 12.1 Å². The van der Waals surface area contributed by atoms with Crippen LogP contribution in [0.15, 0.2) is 24.3 Å². The van der Waals surface area contributed by atoms with Gasteiger partial charge in [-0.25, -0.2) is 0 Å². The minimum Gasteiger partial charge on any atom is -0.396 e. The molecule has 0 saturated carbocycles. The quantitative estimate of drug-likeness (QED) is 0.472. The van der Waals surface area contributed by atoms with E-state index in [1.807, 2.05) is 12.1 Å². The monoisotopic (exact) mass is 294 g/mol. The van der Waals surface area contributed by atoms with Gasteiger partial charge < -0.3 is 9.84 Å². The highest BCUT2D eigenvalue weighted by Gasteiger charge is 2.19. The molecule has 6 nitrogen and oxygen atoms in total. The van der Waals surface area contributed by atoms with E-state index < -0.39 is 0 Å². The third-order valence-corrected chi connectivity index (χ3v) is 3.74. The summed E-state index contributed by atoms with van der Waals surface area (Å²) in [5, 5.41) is 19.3. The van der Waals surface area contributed by atoms with Crippen molar-refractivity contribution in [3.8, 4) is 0 Å². The fourth-order valence-electron chi connectivity index (χ4n) is 2.53. The van der Waals surface area contributed by atoms with E-state index >= 15 is 0 Å². The summed E-state index contributed by atoms with van der Waals surface area (Å²) < 4.78 is 5.70. The zero-order valence-electron chi connectivity index (χ0n) is 12.1. The maximum absolute atomic E-state index is 10.6. The number of rotatable bonds is 7. The van der Waals surface area contributed by atoms with Crippen LogP contribution in [-0.2, 0) is 11.3 Å². The fraction of sp³-hybridized carbons (Fsp3) is 0.600. The Balaban J connectivity index is 1.74. The predicted octanol–water partition coefficient (Wildman–Crippen LogP) is 1.96. The first-order valence-corrected chi connectivity index (χ1v) is 7.37. The van der Waals surface area contributed by atoms with Gasteiger partial charge in [0.05, 0.1) is 11.0 Å². The normalized spacial score (nSPS) is 17.0. The summed E-state index contributed by atoms with van der Waals surface area (Å²) in [5.41, 5.74) is 1.23. The van der Waals surface area contributed by atoms with E-state index in [1.54, 1.807) is 12.1 Å². The van der Waals surface area contributed by atoms with Crippen LogP contribution >= 0.6 is 0 Å². The number of hydrogen-bond donors (Lipinski definition) is 1. The van der Waals surface area contributed by atoms with E-state index in [-0.39, 0.29) is 17.2 Å². The molecule has 0 atom stereocenters. The molecule has 116 valence electrons. The maximum Gasteiger partial charge on any atom is 0.269 e. The van der Waals surface area contributed by atoms with E-state index in [9.17, 15) is 10.1 Å². The molecule has 0 spiro atoms. The Bertz CT molecular complexity index is 441. The lowest BCUT2D eigenvalue weighted by Crippen LogP contribution is -2.36. The van der Waals surface area contributed by atoms with Crippen molar-refractivity contribution in [3.63, 3.8) is 0 Å². The minimum atomic E-state index is -0.376. The Hall–Kier alpha value is -1.50. The molecule has 6 heteroatoms. The molecule has 0 unspecified atom stereocenters. The summed E-state index contributed by atoms with van der Waals surface area (Å²) >= 11 is 0. The average molecular weight is 294 g/mol. The second-order valence-corrected chi connectivity index (χ2v) is 5.35. The van der Waals surface area contributed by atoms with Crippen LogP contribution in [0.5, 0.6) is 0 Å². The Labute approximate surface area is 124 Å². The van der Waals surface area contributed by atoms with E-state index in [0.29, 0.717) is 19.1 Å². The number of aliphatic hydroxyl groups is 1. The SMILES string of the molecule is O=[N+]([O-])c1ccc(CN2CCC(OCCCO)CC2)cc1. The lowest BCUT2D eigenvalue weighted by molar-refractivity contribution is -0.384. The van der Waals surface area contributed by atoms with Crippen molar-refractivity contribution in [2.45, 2.75) is 31.9 Å². The molecule has 0 aliphatic carbocycles. The lowest BCUT2D eigenvalue weighted by Gasteiger charge is -2.31. The number of non-ortho nitro benzene ring substituents is 1. The topological polar surface area (TPSA) is 75.8 Å². The molecule has 1 aromatic carbocycles. The zero-order chi connectivity index (χ0) is 15.1. The number of aliphatic hydroxyl groups excluding tert-OH is 1. The van der Waals surface area contributed by atoms with Gasteiger partial charge in [0.2, 0.25) is 0 Å². The number of benzene rings is 1. The molecular weight excluding hydrogens is 272 g/mol. The van der Waals surface area contributed by atoms with E-state index in [1.165, 1.54) is 0 Å². The minimum absolute atomic E-state index is 0.134. The lowest BCUT2D eigenvalue weighted by atomic mass is 10.1. The molecule has 0 bridgehead atoms. The molecule has 1 fully saturated rings. The van der Waals surface area contributed by atoms with E-state index in [4.69, 9.17) is 9.84 Å². The molecule has 0 aromatic heterocycles. The number of nitro benzene ring substituents is 1. The summed E-state index contributed by atoms with van der Waals surface area (Å²) in [4.78, 5) is 12.6. The number of ether oxygens (including phenoxy) is 1. The van der Waals surface area contributed by atoms with E-state index in [0.717, 1.165) is 38.0 Å². The van der Waals surface area contributed by atoms with Gasteiger partial charge in [-0.05, 0) is 24.8 Å². The number of piperidine rings is 1. The number of hydrogen-bond acceptors (Lipinski definition) is 5. The molecule has 2 rings (SSSR count). The molecule has 21 heavy (non-hydrogen) atoms. The first-order valence-electron chi connectivity index (χ1n) is 7.37. The van der Waals surface area contributed by atoms with Gasteiger partial charge >= 0.3 is 0 Å². The van der Waals surface area contributed by atoms with Crippen molar-refractivity contribution in [2.24, 2.45) is 0 Å². The molecule has 1 aromatic rings. The first kappa shape index (κ1) is 15.9. The Morgan fingerprint density at radius 2 is 1.95 bits per heavy atom. The van der Waals surface area contributed by atoms with Crippen molar-refractivity contribution in [2.75, 3.05) is 26.3 Å². The third-order valence-electron chi connectivity index (χ3n) is 3.74. The van der Waals surface area contributed by atoms with Gasteiger partial charge in [0, 0.05) is 45.0 Å². The van der Waals surface area contributed by atoms with Gasteiger partial charge in [-0.3, -0.25) is 15.0 Å². The molecular formula is C15H22N2O4. The van der Waals surface area contributed by atoms with Crippen LogP contribution in [0.4, 0.5) is 5.69 Å². The van der Waals surface area contributed by atoms with Crippen LogP contribution in [0.1, 0.15) is 24.8 Å². The van der Waals surface area contributed by atoms with Crippen LogP contribution in [-0.4, -0.2) is 47.3 Å². The summed E-state index contributed by atoms with van der Waals surface area (Å²) in [6, 6.07) is 6.75. The molecule has 0 amide bonds. The molecule has 0 radical (unpaired) electrons. The molecule has 1 aliphatic heterocycles. The predicted molar refractivity (Wildman–Crippen MR) is 79.1 cm³/mol. The second-order valence-electron chi connectivity index (χ2n) is 5.35. The highest BCUT2D eigenvalue weighted by atomic mass is 16.6. The summed E-state index contributed by atoms with van der Waals surface area (Å²) in [6.45, 7) is 3.57. The van der Waals surface area contributed by atoms with Crippen LogP contribution in [0.25, 0.3) is 0 Å². The second kappa shape index (κ2) is 8.07. The maximum atomic E-state index is 10.6. The molecule has 1 saturated heterocycles. The first-order chi connectivity index (χ1) is 10.2. The van der Waals surface area contributed by atoms with Gasteiger partial charge in [-0.15, -0.1) is 0 Å². The summed E-state index contributed by atoms with van der Waals surface area (Å²) in [7, 11) is 0. The molecule has 1 aliphatic rings. The van der Waals surface area contributed by atoms with Crippen molar-refractivity contribution in [1.29, 1.82) is 0 Å². The van der Waals surface area contributed by atoms with Crippen LogP contribution in [0.2, 0.25) is 0 Å². The Kier molecular flexibility index (Phi) is 6.10. The molecule has 1 N–H and O–H groups in total. The Morgan fingerprint density at radius 3 is 2.52 bits per heavy atom. The van der Waals surface area contributed by atoms with Crippen LogP contribution < -0.4 is 0 Å². The Morgan fingerprint density at radius 1 is 1.29 bits per heavy atom. The van der Waals surface area contributed by atoms with Crippen molar-refractivity contribution in [3.05, 3.63) is 39.9 Å². The third kappa shape index (κ3) is 5.08. The van der Waals surface area contributed by atoms with Crippen molar-refractivity contribution >= 4 is 5.69 Å². The molecule has 1 heterocycles. The number of nitrogens with zero attached hydrogens (tertiary/aromatic N) is 2. The van der Waals surface area contributed by atoms with Gasteiger partial charge in [-0.2, -0.15) is 0 Å². The summed E-state index contributed by atoms with van der Waals surface area (Å²) in [6.07, 6.45) is 2.99. The van der Waals surface area contributed by atoms with Crippen LogP contribution in [0, 0.1) is 10.1 Å². The highest BCUT2D eigenvalue weighted by Crippen LogP contribution is 2.18. The fourth-order valence-corrected chi connectivity index (χ4v) is 2.53. The van der Waals surface area contributed by atoms with Crippen LogP contribution in [0.3, 0.4) is 0 Å². The van der Waals surface area contributed by atoms with Gasteiger partial charge in [0.15, 0.2) is 0 Å². The average Bonchev–Trinajstić information content (AvgIpc) is 2.50. The van der Waals surface area contributed by atoms with Gasteiger partial charge in [0.1, 0.15) is 0 Å². The van der Waals surface area contributed by atoms with Crippen molar-refractivity contribution < 1.29 is 14.8 Å². The number of nitro groups is 1. The van der Waals surface area contributed by atoms with Gasteiger partial charge in [0.25, 0.3) is 5.69 Å².